The quantitative estimate of drug-likeness (QED) is 0.536. The van der Waals surface area contributed by atoms with E-state index in [-0.39, 0.29) is 25.6 Å². The van der Waals surface area contributed by atoms with Crippen molar-refractivity contribution in [3.63, 3.8) is 0 Å². The Labute approximate surface area is 95.0 Å². The lowest BCUT2D eigenvalue weighted by Crippen LogP contribution is -2.48. The van der Waals surface area contributed by atoms with Gasteiger partial charge in [0.1, 0.15) is 0 Å². The number of rotatable bonds is 7. The van der Waals surface area contributed by atoms with Crippen molar-refractivity contribution in [2.45, 2.75) is 26.4 Å². The van der Waals surface area contributed by atoms with E-state index in [1.807, 2.05) is 13.8 Å². The number of carbonyl (C=O) groups is 2. The van der Waals surface area contributed by atoms with Crippen LogP contribution >= 0.6 is 0 Å². The van der Waals surface area contributed by atoms with Crippen molar-refractivity contribution >= 4 is 11.9 Å². The smallest absolute Gasteiger partial charge is 0.317 e. The van der Waals surface area contributed by atoms with E-state index in [0.29, 0.717) is 0 Å². The van der Waals surface area contributed by atoms with Gasteiger partial charge in [0.15, 0.2) is 0 Å². The van der Waals surface area contributed by atoms with Gasteiger partial charge in [0, 0.05) is 6.54 Å². The molecule has 0 aliphatic carbocycles. The summed E-state index contributed by atoms with van der Waals surface area (Å²) in [5.74, 6) is -1.71. The van der Waals surface area contributed by atoms with Gasteiger partial charge in [-0.25, -0.2) is 0 Å². The fraction of sp³-hybridized carbons (Fsp3) is 0.800. The molecule has 0 saturated heterocycles. The van der Waals surface area contributed by atoms with Gasteiger partial charge < -0.3 is 15.9 Å². The number of primary amides is 1. The van der Waals surface area contributed by atoms with Crippen molar-refractivity contribution in [1.29, 1.82) is 0 Å². The fourth-order valence-corrected chi connectivity index (χ4v) is 1.21. The predicted molar refractivity (Wildman–Crippen MR) is 58.7 cm³/mol. The molecule has 1 atom stereocenters. The van der Waals surface area contributed by atoms with Gasteiger partial charge in [0.05, 0.1) is 18.7 Å². The topological polar surface area (TPSA) is 104 Å². The Kier molecular flexibility index (Phi) is 5.40. The monoisotopic (exact) mass is 232 g/mol. The Morgan fingerprint density at radius 1 is 1.38 bits per heavy atom. The minimum atomic E-state index is -1.05. The summed E-state index contributed by atoms with van der Waals surface area (Å²) in [5.41, 5.74) is 3.96. The summed E-state index contributed by atoms with van der Waals surface area (Å²) in [6, 6.07) is 0. The Bertz CT molecular complexity index is 248. The summed E-state index contributed by atoms with van der Waals surface area (Å²) in [5, 5.41) is 18.7. The highest BCUT2D eigenvalue weighted by Gasteiger charge is 2.29. The van der Waals surface area contributed by atoms with Crippen LogP contribution in [-0.4, -0.2) is 52.2 Å². The van der Waals surface area contributed by atoms with E-state index >= 15 is 0 Å². The molecule has 4 N–H and O–H groups in total. The van der Waals surface area contributed by atoms with Crippen LogP contribution in [0.5, 0.6) is 0 Å². The summed E-state index contributed by atoms with van der Waals surface area (Å²) in [6.45, 7) is 4.86. The SMILES string of the molecule is CC(C)C(C)(O)CN(CC(N)=O)CC(=O)O. The molecular weight excluding hydrogens is 212 g/mol. The van der Waals surface area contributed by atoms with Crippen LogP contribution in [0.4, 0.5) is 0 Å². The van der Waals surface area contributed by atoms with Gasteiger partial charge in [-0.3, -0.25) is 14.5 Å². The third kappa shape index (κ3) is 5.67. The molecule has 0 aliphatic heterocycles. The van der Waals surface area contributed by atoms with Gasteiger partial charge in [-0.1, -0.05) is 13.8 Å². The molecule has 0 aliphatic rings. The predicted octanol–water partition coefficient (Wildman–Crippen LogP) is -0.735. The minimum Gasteiger partial charge on any atom is -0.480 e. The number of hydrogen-bond donors (Lipinski definition) is 3. The first kappa shape index (κ1) is 14.9. The molecule has 94 valence electrons. The Balaban J connectivity index is 4.52. The van der Waals surface area contributed by atoms with Crippen molar-refractivity contribution in [3.05, 3.63) is 0 Å². The van der Waals surface area contributed by atoms with Crippen LogP contribution in [0.2, 0.25) is 0 Å². The first-order valence-corrected chi connectivity index (χ1v) is 5.10. The molecule has 1 unspecified atom stereocenters. The maximum Gasteiger partial charge on any atom is 0.317 e. The molecule has 16 heavy (non-hydrogen) atoms. The normalized spacial score (nSPS) is 15.1. The molecule has 6 heteroatoms. The average molecular weight is 232 g/mol. The molecule has 0 saturated carbocycles. The number of nitrogens with two attached hydrogens (primary N) is 1. The average Bonchev–Trinajstić information content (AvgIpc) is 1.99. The van der Waals surface area contributed by atoms with E-state index in [9.17, 15) is 14.7 Å². The van der Waals surface area contributed by atoms with E-state index < -0.39 is 17.5 Å². The second-order valence-corrected chi connectivity index (χ2v) is 4.52. The highest BCUT2D eigenvalue weighted by molar-refractivity contribution is 5.77. The van der Waals surface area contributed by atoms with Crippen LogP contribution in [0, 0.1) is 5.92 Å². The molecule has 0 spiro atoms. The van der Waals surface area contributed by atoms with E-state index in [1.165, 1.54) is 4.90 Å². The first-order valence-electron chi connectivity index (χ1n) is 5.10. The number of amides is 1. The number of aliphatic carboxylic acids is 1. The highest BCUT2D eigenvalue weighted by Crippen LogP contribution is 2.17. The molecule has 0 aromatic rings. The van der Waals surface area contributed by atoms with Crippen LogP contribution in [0.1, 0.15) is 20.8 Å². The third-order valence-electron chi connectivity index (χ3n) is 2.53. The van der Waals surface area contributed by atoms with E-state index in [1.54, 1.807) is 6.92 Å². The number of hydrogen-bond acceptors (Lipinski definition) is 4. The Morgan fingerprint density at radius 3 is 2.19 bits per heavy atom. The number of carboxylic acids is 1. The van der Waals surface area contributed by atoms with E-state index in [4.69, 9.17) is 10.8 Å². The second kappa shape index (κ2) is 5.81. The molecule has 0 heterocycles. The first-order chi connectivity index (χ1) is 7.15. The molecule has 0 aromatic heterocycles. The molecule has 6 nitrogen and oxygen atoms in total. The lowest BCUT2D eigenvalue weighted by atomic mass is 9.92. The van der Waals surface area contributed by atoms with Gasteiger partial charge in [0.25, 0.3) is 0 Å². The zero-order chi connectivity index (χ0) is 12.9. The van der Waals surface area contributed by atoms with Gasteiger partial charge in [0.2, 0.25) is 5.91 Å². The summed E-state index contributed by atoms with van der Waals surface area (Å²) < 4.78 is 0. The largest absolute Gasteiger partial charge is 0.480 e. The van der Waals surface area contributed by atoms with E-state index in [2.05, 4.69) is 0 Å². The van der Waals surface area contributed by atoms with Crippen molar-refractivity contribution in [1.82, 2.24) is 4.90 Å². The maximum atomic E-state index is 10.8. The van der Waals surface area contributed by atoms with E-state index in [0.717, 1.165) is 0 Å². The number of carbonyl (C=O) groups excluding carboxylic acids is 1. The maximum absolute atomic E-state index is 10.8. The standard InChI is InChI=1S/C10H20N2O4/c1-7(2)10(3,16)6-12(4-8(11)13)5-9(14)15/h7,16H,4-6H2,1-3H3,(H2,11,13)(H,14,15). The summed E-state index contributed by atoms with van der Waals surface area (Å²) in [6.07, 6.45) is 0. The molecule has 0 rings (SSSR count). The fourth-order valence-electron chi connectivity index (χ4n) is 1.21. The zero-order valence-corrected chi connectivity index (χ0v) is 9.93. The number of carboxylic acid groups (broad SMARTS) is 1. The molecule has 0 radical (unpaired) electrons. The van der Waals surface area contributed by atoms with Crippen LogP contribution in [-0.2, 0) is 9.59 Å². The Morgan fingerprint density at radius 2 is 1.88 bits per heavy atom. The highest BCUT2D eigenvalue weighted by atomic mass is 16.4. The lowest BCUT2D eigenvalue weighted by Gasteiger charge is -2.33. The molecule has 1 amide bonds. The molecule has 0 aromatic carbocycles. The molecule has 0 fully saturated rings. The van der Waals surface area contributed by atoms with Crippen LogP contribution in [0.15, 0.2) is 0 Å². The van der Waals surface area contributed by atoms with Crippen molar-refractivity contribution in [2.24, 2.45) is 11.7 Å². The summed E-state index contributed by atoms with van der Waals surface area (Å²) in [7, 11) is 0. The van der Waals surface area contributed by atoms with Crippen molar-refractivity contribution in [3.8, 4) is 0 Å². The summed E-state index contributed by atoms with van der Waals surface area (Å²) >= 11 is 0. The van der Waals surface area contributed by atoms with Crippen LogP contribution in [0.3, 0.4) is 0 Å². The second-order valence-electron chi connectivity index (χ2n) is 4.52. The summed E-state index contributed by atoms with van der Waals surface area (Å²) in [4.78, 5) is 22.6. The minimum absolute atomic E-state index is 0.0447. The lowest BCUT2D eigenvalue weighted by molar-refractivity contribution is -0.139. The van der Waals surface area contributed by atoms with Crippen LogP contribution < -0.4 is 5.73 Å². The van der Waals surface area contributed by atoms with Gasteiger partial charge >= 0.3 is 5.97 Å². The van der Waals surface area contributed by atoms with Gasteiger partial charge in [-0.05, 0) is 12.8 Å². The zero-order valence-electron chi connectivity index (χ0n) is 9.93. The number of aliphatic hydroxyl groups is 1. The van der Waals surface area contributed by atoms with Crippen molar-refractivity contribution < 1.29 is 19.8 Å². The Hall–Kier alpha value is -1.14. The van der Waals surface area contributed by atoms with Gasteiger partial charge in [-0.15, -0.1) is 0 Å². The van der Waals surface area contributed by atoms with Crippen LogP contribution in [0.25, 0.3) is 0 Å². The molecule has 0 bridgehead atoms. The van der Waals surface area contributed by atoms with Crippen molar-refractivity contribution in [2.75, 3.05) is 19.6 Å². The third-order valence-corrected chi connectivity index (χ3v) is 2.53. The van der Waals surface area contributed by atoms with Gasteiger partial charge in [-0.2, -0.15) is 0 Å². The number of nitrogens with zero attached hydrogens (tertiary/aromatic N) is 1. The molecular formula is C10H20N2O4.